The molecular weight excluding hydrogens is 399 g/mol. The van der Waals surface area contributed by atoms with Crippen molar-refractivity contribution in [2.24, 2.45) is 5.92 Å². The standard InChI is InChI=1S/C23H31FN4O3/c1-5-28-21(10-17(4)25-28)23(30)27-13-19(12-26(11-16(2)3)22(29)14-27)31-15-18-8-6-7-9-20(18)24/h6-10,16,19H,5,11-15H2,1-4H3/t19-/m1/s1. The van der Waals surface area contributed by atoms with Crippen molar-refractivity contribution in [2.75, 3.05) is 26.2 Å². The molecule has 2 heterocycles. The Bertz CT molecular complexity index is 927. The third kappa shape index (κ3) is 5.70. The maximum Gasteiger partial charge on any atom is 0.272 e. The summed E-state index contributed by atoms with van der Waals surface area (Å²) in [4.78, 5) is 29.5. The third-order valence-electron chi connectivity index (χ3n) is 5.25. The number of hydrogen-bond donors (Lipinski definition) is 0. The summed E-state index contributed by atoms with van der Waals surface area (Å²) < 4.78 is 21.7. The molecule has 0 aliphatic carbocycles. The molecule has 0 unspecified atom stereocenters. The summed E-state index contributed by atoms with van der Waals surface area (Å²) in [6.45, 7) is 9.65. The summed E-state index contributed by atoms with van der Waals surface area (Å²) >= 11 is 0. The molecular formula is C23H31FN4O3. The molecule has 2 amide bonds. The lowest BCUT2D eigenvalue weighted by Gasteiger charge is -2.26. The van der Waals surface area contributed by atoms with E-state index in [-0.39, 0.29) is 43.2 Å². The van der Waals surface area contributed by atoms with E-state index in [0.29, 0.717) is 30.9 Å². The highest BCUT2D eigenvalue weighted by Crippen LogP contribution is 2.17. The average molecular weight is 431 g/mol. The van der Waals surface area contributed by atoms with Crippen LogP contribution in [0, 0.1) is 18.7 Å². The van der Waals surface area contributed by atoms with Gasteiger partial charge in [0.2, 0.25) is 5.91 Å². The zero-order chi connectivity index (χ0) is 22.5. The van der Waals surface area contributed by atoms with E-state index in [4.69, 9.17) is 4.74 Å². The highest BCUT2D eigenvalue weighted by atomic mass is 19.1. The molecule has 0 N–H and O–H groups in total. The summed E-state index contributed by atoms with van der Waals surface area (Å²) in [5.41, 5.74) is 1.66. The fourth-order valence-corrected chi connectivity index (χ4v) is 3.80. The largest absolute Gasteiger partial charge is 0.370 e. The van der Waals surface area contributed by atoms with Gasteiger partial charge in [-0.1, -0.05) is 32.0 Å². The Kier molecular flexibility index (Phi) is 7.43. The highest BCUT2D eigenvalue weighted by molar-refractivity contribution is 5.95. The van der Waals surface area contributed by atoms with Crippen LogP contribution in [0.3, 0.4) is 0 Å². The van der Waals surface area contributed by atoms with Crippen molar-refractivity contribution >= 4 is 11.8 Å². The molecule has 0 radical (unpaired) electrons. The van der Waals surface area contributed by atoms with Crippen LogP contribution >= 0.6 is 0 Å². The van der Waals surface area contributed by atoms with Crippen LogP contribution in [0.4, 0.5) is 4.39 Å². The fourth-order valence-electron chi connectivity index (χ4n) is 3.80. The molecule has 0 bridgehead atoms. The number of aromatic nitrogens is 2. The number of ether oxygens (including phenoxy) is 1. The molecule has 7 nitrogen and oxygen atoms in total. The quantitative estimate of drug-likeness (QED) is 0.678. The molecule has 1 aromatic heterocycles. The second-order valence-electron chi connectivity index (χ2n) is 8.39. The lowest BCUT2D eigenvalue weighted by molar-refractivity contribution is -0.132. The van der Waals surface area contributed by atoms with Gasteiger partial charge in [0.1, 0.15) is 18.1 Å². The van der Waals surface area contributed by atoms with E-state index < -0.39 is 6.10 Å². The number of rotatable bonds is 7. The normalized spacial score (nSPS) is 17.4. The van der Waals surface area contributed by atoms with Crippen LogP contribution in [0.25, 0.3) is 0 Å². The van der Waals surface area contributed by atoms with E-state index in [2.05, 4.69) is 5.10 Å². The summed E-state index contributed by atoms with van der Waals surface area (Å²) in [6, 6.07) is 8.20. The fraction of sp³-hybridized carbons (Fsp3) is 0.522. The maximum atomic E-state index is 14.0. The first-order chi connectivity index (χ1) is 14.8. The number of nitrogens with zero attached hydrogens (tertiary/aromatic N) is 4. The molecule has 0 saturated carbocycles. The van der Waals surface area contributed by atoms with E-state index in [1.165, 1.54) is 11.0 Å². The van der Waals surface area contributed by atoms with Gasteiger partial charge in [0.25, 0.3) is 5.91 Å². The van der Waals surface area contributed by atoms with Crippen LogP contribution in [-0.2, 0) is 22.7 Å². The SMILES string of the molecule is CCn1nc(C)cc1C(=O)N1CC(=O)N(CC(C)C)C[C@@H](OCc2ccccc2F)C1. The minimum absolute atomic E-state index is 0.0148. The predicted molar refractivity (Wildman–Crippen MR) is 115 cm³/mol. The van der Waals surface area contributed by atoms with Gasteiger partial charge in [-0.25, -0.2) is 4.39 Å². The van der Waals surface area contributed by atoms with Gasteiger partial charge in [0.05, 0.1) is 18.4 Å². The second-order valence-corrected chi connectivity index (χ2v) is 8.39. The van der Waals surface area contributed by atoms with Crippen molar-refractivity contribution in [3.63, 3.8) is 0 Å². The van der Waals surface area contributed by atoms with E-state index >= 15 is 0 Å². The molecule has 1 saturated heterocycles. The number of carbonyl (C=O) groups is 2. The van der Waals surface area contributed by atoms with E-state index in [1.807, 2.05) is 27.7 Å². The lowest BCUT2D eigenvalue weighted by atomic mass is 10.2. The van der Waals surface area contributed by atoms with Crippen molar-refractivity contribution < 1.29 is 18.7 Å². The topological polar surface area (TPSA) is 67.7 Å². The summed E-state index contributed by atoms with van der Waals surface area (Å²) in [7, 11) is 0. The van der Waals surface area contributed by atoms with Crippen molar-refractivity contribution in [3.05, 3.63) is 53.1 Å². The molecule has 31 heavy (non-hydrogen) atoms. The Balaban J connectivity index is 1.81. The Morgan fingerprint density at radius 3 is 2.71 bits per heavy atom. The van der Waals surface area contributed by atoms with Gasteiger partial charge in [0, 0.05) is 31.7 Å². The molecule has 8 heteroatoms. The lowest BCUT2D eigenvalue weighted by Crippen LogP contribution is -2.41. The third-order valence-corrected chi connectivity index (χ3v) is 5.25. The van der Waals surface area contributed by atoms with Crippen LogP contribution in [-0.4, -0.2) is 63.7 Å². The number of aryl methyl sites for hydroxylation is 2. The number of amides is 2. The monoisotopic (exact) mass is 430 g/mol. The molecule has 1 atom stereocenters. The zero-order valence-electron chi connectivity index (χ0n) is 18.7. The minimum Gasteiger partial charge on any atom is -0.370 e. The zero-order valence-corrected chi connectivity index (χ0v) is 18.7. The van der Waals surface area contributed by atoms with Gasteiger partial charge < -0.3 is 14.5 Å². The number of hydrogen-bond acceptors (Lipinski definition) is 4. The smallest absolute Gasteiger partial charge is 0.272 e. The van der Waals surface area contributed by atoms with Crippen molar-refractivity contribution in [1.29, 1.82) is 0 Å². The average Bonchev–Trinajstić information content (AvgIpc) is 3.03. The molecule has 1 aromatic carbocycles. The van der Waals surface area contributed by atoms with Crippen molar-refractivity contribution in [2.45, 2.75) is 47.0 Å². The first-order valence-electron chi connectivity index (χ1n) is 10.7. The minimum atomic E-state index is -0.423. The Hall–Kier alpha value is -2.74. The van der Waals surface area contributed by atoms with E-state index in [1.54, 1.807) is 33.8 Å². The Morgan fingerprint density at radius 2 is 2.03 bits per heavy atom. The first kappa shape index (κ1) is 22.9. The second kappa shape index (κ2) is 10.0. The molecule has 3 rings (SSSR count). The predicted octanol–water partition coefficient (Wildman–Crippen LogP) is 2.88. The number of benzene rings is 1. The van der Waals surface area contributed by atoms with Gasteiger partial charge in [-0.3, -0.25) is 14.3 Å². The van der Waals surface area contributed by atoms with Crippen molar-refractivity contribution in [1.82, 2.24) is 19.6 Å². The summed E-state index contributed by atoms with van der Waals surface area (Å²) in [6.07, 6.45) is -0.423. The van der Waals surface area contributed by atoms with E-state index in [9.17, 15) is 14.0 Å². The highest BCUT2D eigenvalue weighted by Gasteiger charge is 2.32. The van der Waals surface area contributed by atoms with Crippen molar-refractivity contribution in [3.8, 4) is 0 Å². The van der Waals surface area contributed by atoms with Crippen LogP contribution < -0.4 is 0 Å². The molecule has 1 fully saturated rings. The Morgan fingerprint density at radius 1 is 1.29 bits per heavy atom. The van der Waals surface area contributed by atoms with E-state index in [0.717, 1.165) is 5.69 Å². The molecule has 1 aliphatic heterocycles. The van der Waals surface area contributed by atoms with Gasteiger partial charge in [0.15, 0.2) is 0 Å². The molecule has 0 spiro atoms. The van der Waals surface area contributed by atoms with Gasteiger partial charge >= 0.3 is 0 Å². The van der Waals surface area contributed by atoms with Crippen LogP contribution in [0.15, 0.2) is 30.3 Å². The summed E-state index contributed by atoms with van der Waals surface area (Å²) in [5.74, 6) is -0.413. The van der Waals surface area contributed by atoms with Gasteiger partial charge in [-0.2, -0.15) is 5.10 Å². The van der Waals surface area contributed by atoms with Gasteiger partial charge in [-0.05, 0) is 31.9 Å². The molecule has 168 valence electrons. The maximum absolute atomic E-state index is 14.0. The molecule has 2 aromatic rings. The van der Waals surface area contributed by atoms with Crippen LogP contribution in [0.5, 0.6) is 0 Å². The van der Waals surface area contributed by atoms with Crippen LogP contribution in [0.1, 0.15) is 42.5 Å². The van der Waals surface area contributed by atoms with Gasteiger partial charge in [-0.15, -0.1) is 0 Å². The number of carbonyl (C=O) groups excluding carboxylic acids is 2. The molecule has 1 aliphatic rings. The summed E-state index contributed by atoms with van der Waals surface area (Å²) in [5, 5.41) is 4.35. The number of halogens is 1. The first-order valence-corrected chi connectivity index (χ1v) is 10.7. The van der Waals surface area contributed by atoms with Crippen LogP contribution in [0.2, 0.25) is 0 Å². The Labute approximate surface area is 182 Å².